The molecule has 0 radical (unpaired) electrons. The summed E-state index contributed by atoms with van der Waals surface area (Å²) < 4.78 is 0. The van der Waals surface area contributed by atoms with E-state index in [1.165, 1.54) is 0 Å². The normalized spacial score (nSPS) is 13.9. The van der Waals surface area contributed by atoms with Crippen LogP contribution in [0.25, 0.3) is 0 Å². The summed E-state index contributed by atoms with van der Waals surface area (Å²) in [6.45, 7) is 8.47. The monoisotopic (exact) mass is 259 g/mol. The lowest BCUT2D eigenvalue weighted by Crippen LogP contribution is -2.52. The zero-order valence-electron chi connectivity index (χ0n) is 11.7. The van der Waals surface area contributed by atoms with Gasteiger partial charge in [0.25, 0.3) is 0 Å². The Hall–Kier alpha value is -0.680. The van der Waals surface area contributed by atoms with Crippen LogP contribution in [0.1, 0.15) is 27.7 Å². The molecule has 0 heterocycles. The fourth-order valence-corrected chi connectivity index (χ4v) is 1.37. The molecule has 0 aromatic carbocycles. The third-order valence-electron chi connectivity index (χ3n) is 2.87. The van der Waals surface area contributed by atoms with E-state index < -0.39 is 5.41 Å². The Balaban J connectivity index is 4.67. The fourth-order valence-electron chi connectivity index (χ4n) is 1.28. The van der Waals surface area contributed by atoms with Gasteiger partial charge in [0.05, 0.1) is 10.4 Å². The summed E-state index contributed by atoms with van der Waals surface area (Å²) in [6, 6.07) is 0.103. The molecule has 1 unspecified atom stereocenters. The van der Waals surface area contributed by atoms with Crippen LogP contribution < -0.4 is 11.1 Å². The standard InChI is InChI=1S/C12H25N3OS/c1-8(2)9(7-15(5)6)14-11(16)12(3,4)10(13)17/h8-9H,7H2,1-6H3,(H2,13,17)(H,14,16). The molecular weight excluding hydrogens is 234 g/mol. The Bertz CT molecular complexity index is 287. The van der Waals surface area contributed by atoms with Crippen LogP contribution in [0.4, 0.5) is 0 Å². The zero-order valence-corrected chi connectivity index (χ0v) is 12.5. The molecule has 1 amide bonds. The summed E-state index contributed by atoms with van der Waals surface area (Å²) in [7, 11) is 3.97. The Morgan fingerprint density at radius 1 is 1.41 bits per heavy atom. The number of nitrogens with one attached hydrogen (secondary N) is 1. The largest absolute Gasteiger partial charge is 0.392 e. The first-order valence-corrected chi connectivity index (χ1v) is 6.25. The molecule has 0 aromatic heterocycles. The number of carbonyl (C=O) groups excluding carboxylic acids is 1. The molecule has 5 heteroatoms. The first-order chi connectivity index (χ1) is 7.59. The Morgan fingerprint density at radius 3 is 2.18 bits per heavy atom. The average molecular weight is 259 g/mol. The van der Waals surface area contributed by atoms with Crippen molar-refractivity contribution in [3.63, 3.8) is 0 Å². The molecule has 0 saturated carbocycles. The lowest BCUT2D eigenvalue weighted by atomic mass is 9.91. The van der Waals surface area contributed by atoms with Gasteiger partial charge in [0.15, 0.2) is 0 Å². The van der Waals surface area contributed by atoms with Crippen LogP contribution in [-0.2, 0) is 4.79 Å². The minimum atomic E-state index is -0.797. The molecular formula is C12H25N3OS. The van der Waals surface area contributed by atoms with Crippen molar-refractivity contribution in [2.24, 2.45) is 17.1 Å². The van der Waals surface area contributed by atoms with E-state index in [1.54, 1.807) is 13.8 Å². The van der Waals surface area contributed by atoms with Gasteiger partial charge in [0.1, 0.15) is 0 Å². The molecule has 0 aromatic rings. The Morgan fingerprint density at radius 2 is 1.88 bits per heavy atom. The maximum Gasteiger partial charge on any atom is 0.232 e. The maximum atomic E-state index is 12.1. The van der Waals surface area contributed by atoms with Crippen molar-refractivity contribution in [1.29, 1.82) is 0 Å². The molecule has 1 atom stereocenters. The molecule has 0 aliphatic rings. The summed E-state index contributed by atoms with van der Waals surface area (Å²) in [5, 5.41) is 3.02. The number of nitrogens with two attached hydrogens (primary N) is 1. The van der Waals surface area contributed by atoms with Crippen molar-refractivity contribution in [2.45, 2.75) is 33.7 Å². The van der Waals surface area contributed by atoms with Crippen LogP contribution in [-0.4, -0.2) is 42.5 Å². The van der Waals surface area contributed by atoms with Crippen LogP contribution in [0, 0.1) is 11.3 Å². The predicted octanol–water partition coefficient (Wildman–Crippen LogP) is 1.00. The maximum absolute atomic E-state index is 12.1. The molecule has 0 bridgehead atoms. The number of hydrogen-bond donors (Lipinski definition) is 2. The van der Waals surface area contributed by atoms with Crippen molar-refractivity contribution < 1.29 is 4.79 Å². The van der Waals surface area contributed by atoms with E-state index >= 15 is 0 Å². The highest BCUT2D eigenvalue weighted by Gasteiger charge is 2.32. The van der Waals surface area contributed by atoms with Crippen molar-refractivity contribution in [3.05, 3.63) is 0 Å². The number of hydrogen-bond acceptors (Lipinski definition) is 3. The molecule has 0 saturated heterocycles. The second-order valence-corrected chi connectivity index (χ2v) is 6.02. The third kappa shape index (κ3) is 5.00. The lowest BCUT2D eigenvalue weighted by Gasteiger charge is -2.30. The van der Waals surface area contributed by atoms with E-state index in [-0.39, 0.29) is 16.9 Å². The third-order valence-corrected chi connectivity index (χ3v) is 3.38. The summed E-state index contributed by atoms with van der Waals surface area (Å²) in [4.78, 5) is 14.4. The first-order valence-electron chi connectivity index (χ1n) is 5.84. The van der Waals surface area contributed by atoms with Crippen molar-refractivity contribution >= 4 is 23.1 Å². The number of rotatable bonds is 6. The quantitative estimate of drug-likeness (QED) is 0.699. The molecule has 17 heavy (non-hydrogen) atoms. The van der Waals surface area contributed by atoms with Gasteiger partial charge in [-0.05, 0) is 33.9 Å². The van der Waals surface area contributed by atoms with E-state index in [9.17, 15) is 4.79 Å². The van der Waals surface area contributed by atoms with Crippen molar-refractivity contribution in [1.82, 2.24) is 10.2 Å². The van der Waals surface area contributed by atoms with Crippen molar-refractivity contribution in [3.8, 4) is 0 Å². The Kier molecular flexibility index (Phi) is 6.05. The zero-order chi connectivity index (χ0) is 13.8. The molecule has 0 fully saturated rings. The molecule has 0 spiro atoms. The van der Waals surface area contributed by atoms with E-state index in [0.29, 0.717) is 5.92 Å². The van der Waals surface area contributed by atoms with Gasteiger partial charge in [0.2, 0.25) is 5.91 Å². The summed E-state index contributed by atoms with van der Waals surface area (Å²) in [6.07, 6.45) is 0. The van der Waals surface area contributed by atoms with E-state index in [2.05, 4.69) is 24.1 Å². The number of amides is 1. The van der Waals surface area contributed by atoms with E-state index in [0.717, 1.165) is 6.54 Å². The number of likely N-dealkylation sites (N-methyl/N-ethyl adjacent to an activating group) is 1. The minimum absolute atomic E-state index is 0.103. The first kappa shape index (κ1) is 16.3. The second kappa shape index (κ2) is 6.31. The van der Waals surface area contributed by atoms with Gasteiger partial charge in [-0.2, -0.15) is 0 Å². The molecule has 0 aliphatic carbocycles. The number of thiocarbonyl (C=S) groups is 1. The van der Waals surface area contributed by atoms with Gasteiger partial charge in [-0.1, -0.05) is 26.1 Å². The highest BCUT2D eigenvalue weighted by Crippen LogP contribution is 2.16. The van der Waals surface area contributed by atoms with Gasteiger partial charge in [-0.15, -0.1) is 0 Å². The molecule has 0 aliphatic heterocycles. The van der Waals surface area contributed by atoms with Gasteiger partial charge >= 0.3 is 0 Å². The minimum Gasteiger partial charge on any atom is -0.392 e. The van der Waals surface area contributed by atoms with Gasteiger partial charge in [-0.25, -0.2) is 0 Å². The summed E-state index contributed by atoms with van der Waals surface area (Å²) >= 11 is 4.92. The predicted molar refractivity (Wildman–Crippen MR) is 75.9 cm³/mol. The van der Waals surface area contributed by atoms with E-state index in [4.69, 9.17) is 18.0 Å². The van der Waals surface area contributed by atoms with Crippen LogP contribution in [0.15, 0.2) is 0 Å². The fraction of sp³-hybridized carbons (Fsp3) is 0.833. The van der Waals surface area contributed by atoms with Gasteiger partial charge < -0.3 is 16.0 Å². The molecule has 100 valence electrons. The summed E-state index contributed by atoms with van der Waals surface area (Å²) in [5.41, 5.74) is 4.79. The molecule has 0 rings (SSSR count). The van der Waals surface area contributed by atoms with Gasteiger partial charge in [0, 0.05) is 12.6 Å². The van der Waals surface area contributed by atoms with Gasteiger partial charge in [-0.3, -0.25) is 4.79 Å². The highest BCUT2D eigenvalue weighted by atomic mass is 32.1. The van der Waals surface area contributed by atoms with E-state index in [1.807, 2.05) is 14.1 Å². The summed E-state index contributed by atoms with van der Waals surface area (Å²) in [5.74, 6) is 0.258. The second-order valence-electron chi connectivity index (χ2n) is 5.58. The van der Waals surface area contributed by atoms with Crippen LogP contribution >= 0.6 is 12.2 Å². The van der Waals surface area contributed by atoms with Crippen molar-refractivity contribution in [2.75, 3.05) is 20.6 Å². The SMILES string of the molecule is CC(C)C(CN(C)C)NC(=O)C(C)(C)C(N)=S. The topological polar surface area (TPSA) is 58.4 Å². The smallest absolute Gasteiger partial charge is 0.232 e. The average Bonchev–Trinajstić information content (AvgIpc) is 2.15. The lowest BCUT2D eigenvalue weighted by molar-refractivity contribution is -0.127. The molecule has 3 N–H and O–H groups in total. The highest BCUT2D eigenvalue weighted by molar-refractivity contribution is 7.80. The number of nitrogens with zero attached hydrogens (tertiary/aromatic N) is 1. The number of carbonyl (C=O) groups is 1. The van der Waals surface area contributed by atoms with Crippen LogP contribution in [0.2, 0.25) is 0 Å². The van der Waals surface area contributed by atoms with Crippen LogP contribution in [0.5, 0.6) is 0 Å². The molecule has 4 nitrogen and oxygen atoms in total. The van der Waals surface area contributed by atoms with Crippen LogP contribution in [0.3, 0.4) is 0 Å². The Labute approximate surface area is 110 Å².